The van der Waals surface area contributed by atoms with Crippen LogP contribution in [0.2, 0.25) is 0 Å². The molecule has 0 aliphatic heterocycles. The van der Waals surface area contributed by atoms with Crippen LogP contribution in [0.15, 0.2) is 75.9 Å². The van der Waals surface area contributed by atoms with Crippen molar-refractivity contribution in [3.05, 3.63) is 93.8 Å². The Morgan fingerprint density at radius 3 is 2.46 bits per heavy atom. The number of ether oxygens (including phenoxy) is 2. The topological polar surface area (TPSA) is 77.8 Å². The number of alkyl halides is 3. The standard InChI is InChI=1S/C26H20F3NO5/c1-15-6-5-8-18(12-15)34-24-23(32)19-11-10-17(13-21(19)35-25(24)26(27,28)29)33-14-22(31)30-20-9-4-3-7-16(20)2/h3-13H,14H2,1-2H3,(H,30,31). The van der Waals surface area contributed by atoms with Crippen molar-refractivity contribution < 1.29 is 31.9 Å². The lowest BCUT2D eigenvalue weighted by atomic mass is 10.2. The van der Waals surface area contributed by atoms with Gasteiger partial charge in [0, 0.05) is 11.8 Å². The molecule has 1 amide bonds. The fourth-order valence-corrected chi connectivity index (χ4v) is 3.37. The van der Waals surface area contributed by atoms with E-state index in [9.17, 15) is 22.8 Å². The number of amides is 1. The number of hydrogen-bond acceptors (Lipinski definition) is 5. The van der Waals surface area contributed by atoms with Gasteiger partial charge < -0.3 is 19.2 Å². The quantitative estimate of drug-likeness (QED) is 0.351. The number of halogens is 3. The summed E-state index contributed by atoms with van der Waals surface area (Å²) in [6, 6.07) is 17.2. The second-order valence-corrected chi connectivity index (χ2v) is 7.82. The summed E-state index contributed by atoms with van der Waals surface area (Å²) in [5, 5.41) is 2.56. The average molecular weight is 483 g/mol. The summed E-state index contributed by atoms with van der Waals surface area (Å²) in [7, 11) is 0. The third kappa shape index (κ3) is 5.46. The van der Waals surface area contributed by atoms with E-state index in [1.54, 1.807) is 31.2 Å². The van der Waals surface area contributed by atoms with Gasteiger partial charge in [0.25, 0.3) is 11.7 Å². The summed E-state index contributed by atoms with van der Waals surface area (Å²) in [5.74, 6) is -2.85. The molecule has 3 aromatic carbocycles. The van der Waals surface area contributed by atoms with Gasteiger partial charge in [0.15, 0.2) is 6.61 Å². The predicted molar refractivity (Wildman–Crippen MR) is 124 cm³/mol. The third-order valence-electron chi connectivity index (χ3n) is 5.08. The molecule has 1 heterocycles. The van der Waals surface area contributed by atoms with Crippen LogP contribution in [0.4, 0.5) is 18.9 Å². The minimum atomic E-state index is -4.99. The van der Waals surface area contributed by atoms with Gasteiger partial charge >= 0.3 is 6.18 Å². The van der Waals surface area contributed by atoms with Crippen LogP contribution in [-0.2, 0) is 11.0 Å². The highest BCUT2D eigenvalue weighted by Gasteiger charge is 2.40. The minimum Gasteiger partial charge on any atom is -0.484 e. The lowest BCUT2D eigenvalue weighted by Gasteiger charge is -2.14. The van der Waals surface area contributed by atoms with Crippen molar-refractivity contribution in [1.82, 2.24) is 0 Å². The normalized spacial score (nSPS) is 11.3. The zero-order chi connectivity index (χ0) is 25.2. The predicted octanol–water partition coefficient (Wildman–Crippen LogP) is 6.24. The number of aryl methyl sites for hydroxylation is 2. The highest BCUT2D eigenvalue weighted by molar-refractivity contribution is 5.92. The highest BCUT2D eigenvalue weighted by atomic mass is 19.4. The van der Waals surface area contributed by atoms with Crippen molar-refractivity contribution in [2.45, 2.75) is 20.0 Å². The number of para-hydroxylation sites is 1. The Morgan fingerprint density at radius 2 is 1.74 bits per heavy atom. The molecule has 4 rings (SSSR count). The first-order chi connectivity index (χ1) is 16.6. The van der Waals surface area contributed by atoms with E-state index in [0.29, 0.717) is 5.69 Å². The molecule has 0 fully saturated rings. The molecular formula is C26H20F3NO5. The van der Waals surface area contributed by atoms with Crippen LogP contribution >= 0.6 is 0 Å². The van der Waals surface area contributed by atoms with E-state index in [0.717, 1.165) is 17.2 Å². The molecular weight excluding hydrogens is 463 g/mol. The molecule has 0 radical (unpaired) electrons. The van der Waals surface area contributed by atoms with Gasteiger partial charge in [-0.2, -0.15) is 13.2 Å². The van der Waals surface area contributed by atoms with Crippen LogP contribution < -0.4 is 20.2 Å². The van der Waals surface area contributed by atoms with Crippen molar-refractivity contribution >= 4 is 22.6 Å². The summed E-state index contributed by atoms with van der Waals surface area (Å²) in [6.07, 6.45) is -4.99. The molecule has 9 heteroatoms. The first-order valence-electron chi connectivity index (χ1n) is 10.5. The third-order valence-corrected chi connectivity index (χ3v) is 5.08. The molecule has 180 valence electrons. The summed E-state index contributed by atoms with van der Waals surface area (Å²) >= 11 is 0. The van der Waals surface area contributed by atoms with Gasteiger partial charge in [-0.25, -0.2) is 0 Å². The number of anilines is 1. The molecule has 0 unspecified atom stereocenters. The lowest BCUT2D eigenvalue weighted by Crippen LogP contribution is -2.20. The van der Waals surface area contributed by atoms with E-state index in [1.807, 2.05) is 19.1 Å². The first kappa shape index (κ1) is 23.9. The SMILES string of the molecule is Cc1cccc(Oc2c(C(F)(F)F)oc3cc(OCC(=O)Nc4ccccc4C)ccc3c2=O)c1. The van der Waals surface area contributed by atoms with Crippen molar-refractivity contribution in [3.8, 4) is 17.2 Å². The second-order valence-electron chi connectivity index (χ2n) is 7.82. The number of carbonyl (C=O) groups is 1. The van der Waals surface area contributed by atoms with Gasteiger partial charge in [-0.15, -0.1) is 0 Å². The molecule has 1 aromatic heterocycles. The van der Waals surface area contributed by atoms with E-state index in [2.05, 4.69) is 5.32 Å². The molecule has 0 bridgehead atoms. The summed E-state index contributed by atoms with van der Waals surface area (Å²) in [5.41, 5.74) is 0.882. The largest absolute Gasteiger partial charge is 0.484 e. The van der Waals surface area contributed by atoms with Crippen LogP contribution in [-0.4, -0.2) is 12.5 Å². The molecule has 0 spiro atoms. The minimum absolute atomic E-state index is 0.0565. The van der Waals surface area contributed by atoms with E-state index < -0.39 is 35.6 Å². The Morgan fingerprint density at radius 1 is 0.971 bits per heavy atom. The lowest BCUT2D eigenvalue weighted by molar-refractivity contribution is -0.154. The Balaban J connectivity index is 1.62. The van der Waals surface area contributed by atoms with Crippen LogP contribution in [0.1, 0.15) is 16.9 Å². The number of nitrogens with one attached hydrogen (secondary N) is 1. The van der Waals surface area contributed by atoms with Crippen LogP contribution in [0.25, 0.3) is 11.0 Å². The first-order valence-corrected chi connectivity index (χ1v) is 10.5. The molecule has 0 aliphatic rings. The Hall–Kier alpha value is -4.27. The van der Waals surface area contributed by atoms with Crippen LogP contribution in [0.3, 0.4) is 0 Å². The van der Waals surface area contributed by atoms with E-state index >= 15 is 0 Å². The zero-order valence-corrected chi connectivity index (χ0v) is 18.7. The van der Waals surface area contributed by atoms with Crippen molar-refractivity contribution in [3.63, 3.8) is 0 Å². The maximum Gasteiger partial charge on any atom is 0.453 e. The zero-order valence-electron chi connectivity index (χ0n) is 18.7. The Kier molecular flexibility index (Phi) is 6.50. The van der Waals surface area contributed by atoms with Gasteiger partial charge in [0.1, 0.15) is 17.1 Å². The fourth-order valence-electron chi connectivity index (χ4n) is 3.37. The second kappa shape index (κ2) is 9.54. The number of hydrogen-bond donors (Lipinski definition) is 1. The maximum absolute atomic E-state index is 13.7. The number of fused-ring (bicyclic) bond motifs is 1. The van der Waals surface area contributed by atoms with Crippen molar-refractivity contribution in [1.29, 1.82) is 0 Å². The summed E-state index contributed by atoms with van der Waals surface area (Å²) < 4.78 is 57.0. The Bertz CT molecular complexity index is 1460. The van der Waals surface area contributed by atoms with Crippen molar-refractivity contribution in [2.24, 2.45) is 0 Å². The number of rotatable bonds is 6. The molecule has 0 saturated heterocycles. The summed E-state index contributed by atoms with van der Waals surface area (Å²) in [6.45, 7) is 3.17. The van der Waals surface area contributed by atoms with Crippen LogP contribution in [0.5, 0.6) is 17.2 Å². The average Bonchev–Trinajstić information content (AvgIpc) is 2.80. The summed E-state index contributed by atoms with van der Waals surface area (Å²) in [4.78, 5) is 25.1. The smallest absolute Gasteiger partial charge is 0.453 e. The molecule has 35 heavy (non-hydrogen) atoms. The molecule has 6 nitrogen and oxygen atoms in total. The fraction of sp³-hybridized carbons (Fsp3) is 0.154. The monoisotopic (exact) mass is 483 g/mol. The molecule has 0 aliphatic carbocycles. The van der Waals surface area contributed by atoms with Crippen LogP contribution in [0, 0.1) is 13.8 Å². The maximum atomic E-state index is 13.7. The highest BCUT2D eigenvalue weighted by Crippen LogP contribution is 2.38. The van der Waals surface area contributed by atoms with Gasteiger partial charge in [-0.3, -0.25) is 9.59 Å². The molecule has 0 saturated carbocycles. The van der Waals surface area contributed by atoms with Crippen molar-refractivity contribution in [2.75, 3.05) is 11.9 Å². The van der Waals surface area contributed by atoms with E-state index in [4.69, 9.17) is 13.9 Å². The van der Waals surface area contributed by atoms with Gasteiger partial charge in [0.2, 0.25) is 11.2 Å². The molecule has 1 N–H and O–H groups in total. The van der Waals surface area contributed by atoms with E-state index in [-0.39, 0.29) is 22.5 Å². The number of benzene rings is 3. The molecule has 0 atom stereocenters. The number of carbonyl (C=O) groups excluding carboxylic acids is 1. The van der Waals surface area contributed by atoms with Gasteiger partial charge in [-0.05, 0) is 55.3 Å². The Labute approximate surface area is 197 Å². The van der Waals surface area contributed by atoms with Gasteiger partial charge in [0.05, 0.1) is 5.39 Å². The molecule has 4 aromatic rings. The van der Waals surface area contributed by atoms with E-state index in [1.165, 1.54) is 24.3 Å². The van der Waals surface area contributed by atoms with Gasteiger partial charge in [-0.1, -0.05) is 30.3 Å².